The molecule has 0 aromatic heterocycles. The molecule has 0 saturated heterocycles. The van der Waals surface area contributed by atoms with Gasteiger partial charge in [0.05, 0.1) is 12.2 Å². The Balaban J connectivity index is 2.37. The number of rotatable bonds is 24. The fourth-order valence-corrected chi connectivity index (χ4v) is 7.87. The lowest BCUT2D eigenvalue weighted by Gasteiger charge is -2.24. The van der Waals surface area contributed by atoms with Crippen LogP contribution in [0.2, 0.25) is 0 Å². The highest BCUT2D eigenvalue weighted by molar-refractivity contribution is 7.52. The van der Waals surface area contributed by atoms with Crippen molar-refractivity contribution in [3.05, 3.63) is 0 Å². The minimum Gasteiger partial charge on any atom is -0.390 e. The van der Waals surface area contributed by atoms with Crippen LogP contribution < -0.4 is 0 Å². The molecule has 0 aromatic rings. The second-order valence-corrected chi connectivity index (χ2v) is 17.2. The first-order valence-corrected chi connectivity index (χ1v) is 20.6. The monoisotopic (exact) mass is 677 g/mol. The molecule has 0 bridgehead atoms. The summed E-state index contributed by atoms with van der Waals surface area (Å²) in [5, 5.41) is 19.1. The SMILES string of the molecule is O=P(O)(O)CN(CCCCCCN(CC1C(O)C1O)CP(=O)(O)O)CCCCCCN(CP(=O)(O)O)CP(=O)(O)O. The molecular weight excluding hydrogens is 630 g/mol. The van der Waals surface area contributed by atoms with E-state index in [0.29, 0.717) is 71.0 Å². The molecule has 17 nitrogen and oxygen atoms in total. The van der Waals surface area contributed by atoms with E-state index >= 15 is 0 Å². The van der Waals surface area contributed by atoms with E-state index < -0.39 is 73.7 Å². The van der Waals surface area contributed by atoms with Gasteiger partial charge >= 0.3 is 30.4 Å². The standard InChI is InChI=1S/C20H47N3O14P4/c24-19-18(20(19)25)13-22(15-39(29,30)31)11-7-3-1-5-9-21(14-38(26,27)28)10-6-2-4-8-12-23(16-40(32,33)34)17-41(35,36)37/h18-20,24-25H,1-17H2,(H2,26,27,28)(H2,29,30,31)(H2,32,33,34)(H2,35,36,37). The molecule has 1 rings (SSSR count). The summed E-state index contributed by atoms with van der Waals surface area (Å²) in [7, 11) is -17.6. The van der Waals surface area contributed by atoms with Gasteiger partial charge in [0.2, 0.25) is 0 Å². The van der Waals surface area contributed by atoms with Crippen LogP contribution in [-0.4, -0.2) is 134 Å². The molecule has 0 aliphatic heterocycles. The molecule has 1 aliphatic rings. The van der Waals surface area contributed by atoms with Crippen LogP contribution >= 0.6 is 30.4 Å². The van der Waals surface area contributed by atoms with Gasteiger partial charge < -0.3 is 49.4 Å². The summed E-state index contributed by atoms with van der Waals surface area (Å²) in [5.74, 6) is -0.430. The zero-order chi connectivity index (χ0) is 31.5. The Morgan fingerprint density at radius 2 is 0.683 bits per heavy atom. The molecule has 0 amide bonds. The van der Waals surface area contributed by atoms with Crippen LogP contribution in [0.15, 0.2) is 0 Å². The van der Waals surface area contributed by atoms with Gasteiger partial charge in [0, 0.05) is 12.5 Å². The Bertz CT molecular complexity index is 921. The van der Waals surface area contributed by atoms with Crippen molar-refractivity contribution in [2.45, 2.75) is 63.6 Å². The normalized spacial score (nSPS) is 20.5. The summed E-state index contributed by atoms with van der Waals surface area (Å²) >= 11 is 0. The largest absolute Gasteiger partial charge is 0.390 e. The second-order valence-electron chi connectivity index (χ2n) is 10.8. The van der Waals surface area contributed by atoms with E-state index in [0.717, 1.165) is 4.90 Å². The molecule has 21 heteroatoms. The lowest BCUT2D eigenvalue weighted by Crippen LogP contribution is -2.29. The summed E-state index contributed by atoms with van der Waals surface area (Å²) in [6, 6.07) is 0. The molecular formula is C20H47N3O14P4. The van der Waals surface area contributed by atoms with Crippen LogP contribution in [0.4, 0.5) is 0 Å². The van der Waals surface area contributed by atoms with E-state index in [-0.39, 0.29) is 13.1 Å². The van der Waals surface area contributed by atoms with Crippen molar-refractivity contribution >= 4 is 30.4 Å². The third kappa shape index (κ3) is 21.7. The first-order valence-electron chi connectivity index (χ1n) is 13.4. The fraction of sp³-hybridized carbons (Fsp3) is 1.00. The van der Waals surface area contributed by atoms with Crippen LogP contribution in [0.5, 0.6) is 0 Å². The molecule has 0 heterocycles. The number of hydrogen-bond donors (Lipinski definition) is 10. The van der Waals surface area contributed by atoms with E-state index in [1.807, 2.05) is 0 Å². The summed E-state index contributed by atoms with van der Waals surface area (Å²) in [5.41, 5.74) is 0. The topological polar surface area (TPSA) is 280 Å². The third-order valence-electron chi connectivity index (χ3n) is 6.49. The van der Waals surface area contributed by atoms with Gasteiger partial charge in [-0.1, -0.05) is 25.7 Å². The Morgan fingerprint density at radius 1 is 0.415 bits per heavy atom. The predicted octanol–water partition coefficient (Wildman–Crippen LogP) is -0.0944. The van der Waals surface area contributed by atoms with Crippen molar-refractivity contribution in [1.29, 1.82) is 0 Å². The van der Waals surface area contributed by atoms with Crippen molar-refractivity contribution < 1.29 is 67.6 Å². The Labute approximate surface area is 240 Å². The lowest BCUT2D eigenvalue weighted by atomic mass is 10.1. The minimum atomic E-state index is -4.49. The van der Waals surface area contributed by atoms with Crippen molar-refractivity contribution in [1.82, 2.24) is 14.7 Å². The Hall–Kier alpha value is 0.400. The first-order chi connectivity index (χ1) is 18.7. The molecule has 41 heavy (non-hydrogen) atoms. The number of hydrogen-bond acceptors (Lipinski definition) is 9. The van der Waals surface area contributed by atoms with Gasteiger partial charge in [-0.2, -0.15) is 0 Å². The number of nitrogens with zero attached hydrogens (tertiary/aromatic N) is 3. The second kappa shape index (κ2) is 17.8. The molecule has 2 unspecified atom stereocenters. The number of aliphatic hydroxyl groups excluding tert-OH is 2. The highest BCUT2D eigenvalue weighted by Crippen LogP contribution is 2.41. The van der Waals surface area contributed by atoms with Gasteiger partial charge in [-0.15, -0.1) is 0 Å². The summed E-state index contributed by atoms with van der Waals surface area (Å²) < 4.78 is 45.4. The van der Waals surface area contributed by atoms with Crippen LogP contribution in [0, 0.1) is 5.92 Å². The van der Waals surface area contributed by atoms with E-state index in [4.69, 9.17) is 19.6 Å². The summed E-state index contributed by atoms with van der Waals surface area (Å²) in [6.07, 6.45) is 0.736. The average Bonchev–Trinajstić information content (AvgIpc) is 3.31. The zero-order valence-corrected chi connectivity index (χ0v) is 26.6. The van der Waals surface area contributed by atoms with Crippen molar-refractivity contribution in [2.24, 2.45) is 5.92 Å². The van der Waals surface area contributed by atoms with E-state index in [1.54, 1.807) is 4.90 Å². The smallest absolute Gasteiger partial charge is 0.339 e. The maximum atomic E-state index is 11.6. The maximum Gasteiger partial charge on any atom is 0.339 e. The Kier molecular flexibility index (Phi) is 17.1. The molecule has 0 spiro atoms. The molecule has 1 fully saturated rings. The van der Waals surface area contributed by atoms with Crippen LogP contribution in [0.25, 0.3) is 0 Å². The van der Waals surface area contributed by atoms with Gasteiger partial charge in [-0.05, 0) is 51.9 Å². The first kappa shape index (κ1) is 39.4. The number of unbranched alkanes of at least 4 members (excludes halogenated alkanes) is 6. The molecule has 0 radical (unpaired) electrons. The average molecular weight is 677 g/mol. The molecule has 1 saturated carbocycles. The summed E-state index contributed by atoms with van der Waals surface area (Å²) in [6.45, 7) is 1.45. The van der Waals surface area contributed by atoms with Gasteiger partial charge in [-0.3, -0.25) is 33.0 Å². The third-order valence-corrected chi connectivity index (χ3v) is 9.56. The fourth-order valence-electron chi connectivity index (χ4n) is 4.60. The van der Waals surface area contributed by atoms with Crippen molar-refractivity contribution in [3.63, 3.8) is 0 Å². The molecule has 2 atom stereocenters. The van der Waals surface area contributed by atoms with E-state index in [1.165, 1.54) is 4.90 Å². The zero-order valence-electron chi connectivity index (χ0n) is 23.0. The summed E-state index contributed by atoms with van der Waals surface area (Å²) in [4.78, 5) is 78.1. The van der Waals surface area contributed by atoms with E-state index in [9.17, 15) is 48.0 Å². The molecule has 1 aliphatic carbocycles. The van der Waals surface area contributed by atoms with E-state index in [2.05, 4.69) is 0 Å². The lowest BCUT2D eigenvalue weighted by molar-refractivity contribution is 0.180. The highest BCUT2D eigenvalue weighted by atomic mass is 31.2. The highest BCUT2D eigenvalue weighted by Gasteiger charge is 2.49. The molecule has 246 valence electrons. The van der Waals surface area contributed by atoms with Gasteiger partial charge in [-0.25, -0.2) is 0 Å². The van der Waals surface area contributed by atoms with Crippen LogP contribution in [0.3, 0.4) is 0 Å². The maximum absolute atomic E-state index is 11.6. The van der Waals surface area contributed by atoms with Gasteiger partial charge in [0.25, 0.3) is 0 Å². The van der Waals surface area contributed by atoms with Crippen molar-refractivity contribution in [2.75, 3.05) is 57.9 Å². The van der Waals surface area contributed by atoms with Crippen LogP contribution in [0.1, 0.15) is 51.4 Å². The van der Waals surface area contributed by atoms with Crippen LogP contribution in [-0.2, 0) is 18.3 Å². The minimum absolute atomic E-state index is 0.0792. The quantitative estimate of drug-likeness (QED) is 0.0472. The van der Waals surface area contributed by atoms with Gasteiger partial charge in [0.1, 0.15) is 25.1 Å². The van der Waals surface area contributed by atoms with Gasteiger partial charge in [0.15, 0.2) is 0 Å². The van der Waals surface area contributed by atoms with Crippen molar-refractivity contribution in [3.8, 4) is 0 Å². The molecule has 10 N–H and O–H groups in total. The molecule has 0 aromatic carbocycles. The Morgan fingerprint density at radius 3 is 1.00 bits per heavy atom. The number of aliphatic hydroxyl groups is 2. The predicted molar refractivity (Wildman–Crippen MR) is 150 cm³/mol.